The minimum Gasteiger partial charge on any atom is -0.369 e. The van der Waals surface area contributed by atoms with Gasteiger partial charge in [0.15, 0.2) is 5.82 Å². The molecule has 1 fully saturated rings. The third-order valence-electron chi connectivity index (χ3n) is 3.57. The zero-order valence-electron chi connectivity index (χ0n) is 12.9. The van der Waals surface area contributed by atoms with E-state index < -0.39 is 16.1 Å². The Morgan fingerprint density at radius 3 is 2.83 bits per heavy atom. The number of aromatic nitrogens is 4. The van der Waals surface area contributed by atoms with Crippen LogP contribution in [0.3, 0.4) is 0 Å². The predicted octanol–water partition coefficient (Wildman–Crippen LogP) is 0.0279. The van der Waals surface area contributed by atoms with E-state index in [9.17, 15) is 8.42 Å². The van der Waals surface area contributed by atoms with Gasteiger partial charge in [-0.1, -0.05) is 0 Å². The average Bonchev–Trinajstić information content (AvgIpc) is 3.10. The first kappa shape index (κ1) is 15.8. The van der Waals surface area contributed by atoms with Gasteiger partial charge in [-0.3, -0.25) is 10.1 Å². The molecule has 10 heteroatoms. The van der Waals surface area contributed by atoms with Gasteiger partial charge in [0.1, 0.15) is 16.7 Å². The van der Waals surface area contributed by atoms with Gasteiger partial charge in [-0.05, 0) is 0 Å². The van der Waals surface area contributed by atoms with Gasteiger partial charge in [0, 0.05) is 45.8 Å². The molecule has 0 aliphatic carbocycles. The molecule has 3 heterocycles. The van der Waals surface area contributed by atoms with Crippen molar-refractivity contribution in [1.82, 2.24) is 24.5 Å². The van der Waals surface area contributed by atoms with Crippen molar-refractivity contribution in [3.63, 3.8) is 0 Å². The molecule has 0 saturated carbocycles. The molecule has 9 nitrogen and oxygen atoms in total. The molecule has 2 aromatic rings. The lowest BCUT2D eigenvalue weighted by atomic mass is 10.2. The maximum absolute atomic E-state index is 12.6. The van der Waals surface area contributed by atoms with Crippen molar-refractivity contribution < 1.29 is 13.2 Å². The SMILES string of the molecule is CN(C)c1nccnc1[C@@H]1CN(S(=O)(=O)c2cn[nH]c2)CCO1. The highest BCUT2D eigenvalue weighted by Gasteiger charge is 2.34. The van der Waals surface area contributed by atoms with Crippen LogP contribution in [0.1, 0.15) is 11.8 Å². The molecule has 1 atom stereocenters. The van der Waals surface area contributed by atoms with E-state index in [4.69, 9.17) is 4.74 Å². The molecule has 0 spiro atoms. The van der Waals surface area contributed by atoms with Gasteiger partial charge in [0.2, 0.25) is 10.0 Å². The van der Waals surface area contributed by atoms with Gasteiger partial charge in [-0.15, -0.1) is 0 Å². The Morgan fingerprint density at radius 1 is 1.35 bits per heavy atom. The third kappa shape index (κ3) is 3.05. The van der Waals surface area contributed by atoms with E-state index in [2.05, 4.69) is 20.2 Å². The van der Waals surface area contributed by atoms with E-state index in [0.717, 1.165) is 0 Å². The number of nitrogens with one attached hydrogen (secondary N) is 1. The van der Waals surface area contributed by atoms with E-state index in [1.54, 1.807) is 12.4 Å². The molecule has 0 radical (unpaired) electrons. The van der Waals surface area contributed by atoms with Crippen LogP contribution in [0.4, 0.5) is 5.82 Å². The van der Waals surface area contributed by atoms with Crippen molar-refractivity contribution >= 4 is 15.8 Å². The van der Waals surface area contributed by atoms with Gasteiger partial charge in [0.05, 0.1) is 12.8 Å². The summed E-state index contributed by atoms with van der Waals surface area (Å²) in [5.41, 5.74) is 0.629. The van der Waals surface area contributed by atoms with Crippen LogP contribution < -0.4 is 4.90 Å². The maximum atomic E-state index is 12.6. The first-order valence-electron chi connectivity index (χ1n) is 7.09. The average molecular weight is 338 g/mol. The molecule has 0 aromatic carbocycles. The minimum absolute atomic E-state index is 0.144. The lowest BCUT2D eigenvalue weighted by Crippen LogP contribution is -2.42. The molecular formula is C13H18N6O3S. The molecule has 1 saturated heterocycles. The summed E-state index contributed by atoms with van der Waals surface area (Å²) in [5, 5.41) is 6.23. The smallest absolute Gasteiger partial charge is 0.246 e. The van der Waals surface area contributed by atoms with E-state index in [0.29, 0.717) is 24.7 Å². The predicted molar refractivity (Wildman–Crippen MR) is 82.4 cm³/mol. The lowest BCUT2D eigenvalue weighted by molar-refractivity contribution is -0.00480. The van der Waals surface area contributed by atoms with Crippen molar-refractivity contribution in [3.8, 4) is 0 Å². The summed E-state index contributed by atoms with van der Waals surface area (Å²) in [5.74, 6) is 0.667. The first-order valence-corrected chi connectivity index (χ1v) is 8.53. The Balaban J connectivity index is 1.88. The number of anilines is 1. The van der Waals surface area contributed by atoms with Gasteiger partial charge in [-0.2, -0.15) is 9.40 Å². The highest BCUT2D eigenvalue weighted by Crippen LogP contribution is 2.29. The van der Waals surface area contributed by atoms with E-state index in [-0.39, 0.29) is 11.4 Å². The molecule has 3 rings (SSSR count). The van der Waals surface area contributed by atoms with Crippen molar-refractivity contribution in [3.05, 3.63) is 30.5 Å². The summed E-state index contributed by atoms with van der Waals surface area (Å²) in [4.78, 5) is 10.6. The Labute approximate surface area is 134 Å². The largest absolute Gasteiger partial charge is 0.369 e. The fourth-order valence-corrected chi connectivity index (χ4v) is 3.78. The zero-order chi connectivity index (χ0) is 16.4. The Morgan fingerprint density at radius 2 is 2.13 bits per heavy atom. The Kier molecular flexibility index (Phi) is 4.28. The number of aromatic amines is 1. The molecule has 0 unspecified atom stereocenters. The van der Waals surface area contributed by atoms with E-state index in [1.165, 1.54) is 16.7 Å². The van der Waals surface area contributed by atoms with Crippen LogP contribution in [0.5, 0.6) is 0 Å². The summed E-state index contributed by atoms with van der Waals surface area (Å²) in [6.07, 6.45) is 5.38. The molecule has 1 N–H and O–H groups in total. The van der Waals surface area contributed by atoms with Crippen molar-refractivity contribution in [1.29, 1.82) is 0 Å². The minimum atomic E-state index is -3.59. The summed E-state index contributed by atoms with van der Waals surface area (Å²) < 4.78 is 32.3. The molecule has 124 valence electrons. The van der Waals surface area contributed by atoms with Crippen LogP contribution in [0.2, 0.25) is 0 Å². The zero-order valence-corrected chi connectivity index (χ0v) is 13.7. The maximum Gasteiger partial charge on any atom is 0.246 e. The van der Waals surface area contributed by atoms with Crippen LogP contribution in [0.25, 0.3) is 0 Å². The summed E-state index contributed by atoms with van der Waals surface area (Å²) >= 11 is 0. The van der Waals surface area contributed by atoms with Gasteiger partial charge in [0.25, 0.3) is 0 Å². The first-order chi connectivity index (χ1) is 11.0. The normalized spacial score (nSPS) is 19.7. The topological polar surface area (TPSA) is 104 Å². The highest BCUT2D eigenvalue weighted by molar-refractivity contribution is 7.89. The number of nitrogens with zero attached hydrogens (tertiary/aromatic N) is 5. The second-order valence-electron chi connectivity index (χ2n) is 5.32. The number of ether oxygens (including phenoxy) is 1. The number of morpholine rings is 1. The van der Waals surface area contributed by atoms with Crippen LogP contribution in [0, 0.1) is 0 Å². The van der Waals surface area contributed by atoms with Crippen molar-refractivity contribution in [2.24, 2.45) is 0 Å². The molecule has 1 aliphatic heterocycles. The molecule has 0 bridgehead atoms. The lowest BCUT2D eigenvalue weighted by Gasteiger charge is -2.32. The monoisotopic (exact) mass is 338 g/mol. The number of rotatable bonds is 4. The quantitative estimate of drug-likeness (QED) is 0.838. The van der Waals surface area contributed by atoms with Crippen LogP contribution in [-0.4, -0.2) is 66.7 Å². The van der Waals surface area contributed by atoms with Crippen LogP contribution >= 0.6 is 0 Å². The van der Waals surface area contributed by atoms with Crippen LogP contribution in [0.15, 0.2) is 29.7 Å². The van der Waals surface area contributed by atoms with Crippen molar-refractivity contribution in [2.75, 3.05) is 38.7 Å². The fourth-order valence-electron chi connectivity index (χ4n) is 2.45. The number of hydrogen-bond acceptors (Lipinski definition) is 7. The highest BCUT2D eigenvalue weighted by atomic mass is 32.2. The molecule has 1 aliphatic rings. The second kappa shape index (κ2) is 6.22. The summed E-state index contributed by atoms with van der Waals surface area (Å²) in [6, 6.07) is 0. The number of sulfonamides is 1. The van der Waals surface area contributed by atoms with E-state index >= 15 is 0 Å². The standard InChI is InChI=1S/C13H18N6O3S/c1-18(2)13-12(14-3-4-15-13)11-9-19(5-6-22-11)23(20,21)10-7-16-17-8-10/h3-4,7-8,11H,5-6,9H2,1-2H3,(H,16,17)/t11-/m0/s1. The summed E-state index contributed by atoms with van der Waals surface area (Å²) in [7, 11) is 0.120. The molecule has 2 aromatic heterocycles. The van der Waals surface area contributed by atoms with Gasteiger partial charge in [-0.25, -0.2) is 13.4 Å². The molecule has 23 heavy (non-hydrogen) atoms. The summed E-state index contributed by atoms with van der Waals surface area (Å²) in [6.45, 7) is 0.778. The Bertz CT molecular complexity index is 762. The molecular weight excluding hydrogens is 320 g/mol. The molecule has 0 amide bonds. The van der Waals surface area contributed by atoms with Crippen molar-refractivity contribution in [2.45, 2.75) is 11.0 Å². The van der Waals surface area contributed by atoms with Gasteiger partial charge < -0.3 is 9.64 Å². The van der Waals surface area contributed by atoms with E-state index in [1.807, 2.05) is 19.0 Å². The number of H-pyrrole nitrogens is 1. The third-order valence-corrected chi connectivity index (χ3v) is 5.41. The second-order valence-corrected chi connectivity index (χ2v) is 7.25. The van der Waals surface area contributed by atoms with Gasteiger partial charge >= 0.3 is 0 Å². The number of hydrogen-bond donors (Lipinski definition) is 1. The van der Waals surface area contributed by atoms with Crippen LogP contribution in [-0.2, 0) is 14.8 Å². The fraction of sp³-hybridized carbons (Fsp3) is 0.462. The Hall–Kier alpha value is -2.04.